The SMILES string of the molecule is Cc1ncsc1-c1ccc([C@H](C)NC(=O)[C@@H]2C[C@@H](O)CN2C(=O)C(c2cc(OCc3ccccc3Br)no2)C(C)C)cc1. The van der Waals surface area contributed by atoms with Crippen LogP contribution in [0.3, 0.4) is 0 Å². The van der Waals surface area contributed by atoms with Gasteiger partial charge in [-0.2, -0.15) is 0 Å². The molecular weight excluding hydrogens is 632 g/mol. The van der Waals surface area contributed by atoms with Crippen LogP contribution >= 0.6 is 27.3 Å². The van der Waals surface area contributed by atoms with Crippen LogP contribution in [0.1, 0.15) is 61.7 Å². The number of likely N-dealkylation sites (tertiary alicyclic amines) is 1. The molecule has 2 N–H and O–H groups in total. The van der Waals surface area contributed by atoms with Crippen LogP contribution in [0.2, 0.25) is 0 Å². The molecule has 2 amide bonds. The fourth-order valence-corrected chi connectivity index (χ4v) is 6.58. The van der Waals surface area contributed by atoms with Crippen molar-refractivity contribution in [2.75, 3.05) is 6.54 Å². The summed E-state index contributed by atoms with van der Waals surface area (Å²) in [6, 6.07) is 16.3. The van der Waals surface area contributed by atoms with Gasteiger partial charge in [-0.1, -0.05) is 72.2 Å². The van der Waals surface area contributed by atoms with E-state index in [4.69, 9.17) is 9.26 Å². The molecule has 11 heteroatoms. The van der Waals surface area contributed by atoms with Crippen molar-refractivity contribution in [2.45, 2.75) is 64.8 Å². The number of aliphatic hydroxyl groups excluding tert-OH is 1. The first-order chi connectivity index (χ1) is 20.6. The van der Waals surface area contributed by atoms with Crippen molar-refractivity contribution >= 4 is 39.1 Å². The number of benzene rings is 2. The largest absolute Gasteiger partial charge is 0.471 e. The van der Waals surface area contributed by atoms with E-state index in [2.05, 4.69) is 31.4 Å². The number of aliphatic hydroxyl groups is 1. The number of carbonyl (C=O) groups is 2. The fraction of sp³-hybridized carbons (Fsp3) is 0.375. The molecule has 0 spiro atoms. The van der Waals surface area contributed by atoms with E-state index in [0.717, 1.165) is 31.7 Å². The van der Waals surface area contributed by atoms with Crippen LogP contribution in [0, 0.1) is 12.8 Å². The van der Waals surface area contributed by atoms with E-state index in [1.165, 1.54) is 4.90 Å². The maximum atomic E-state index is 13.9. The lowest BCUT2D eigenvalue weighted by molar-refractivity contribution is -0.141. The predicted molar refractivity (Wildman–Crippen MR) is 168 cm³/mol. The zero-order valence-electron chi connectivity index (χ0n) is 24.5. The first kappa shape index (κ1) is 30.9. The predicted octanol–water partition coefficient (Wildman–Crippen LogP) is 6.03. The smallest absolute Gasteiger partial charge is 0.254 e. The molecule has 1 aliphatic rings. The Balaban J connectivity index is 1.26. The summed E-state index contributed by atoms with van der Waals surface area (Å²) in [4.78, 5) is 34.3. The van der Waals surface area contributed by atoms with Gasteiger partial charge >= 0.3 is 0 Å². The topological polar surface area (TPSA) is 118 Å². The Hall–Kier alpha value is -3.54. The summed E-state index contributed by atoms with van der Waals surface area (Å²) in [6.45, 7) is 8.05. The number of thiazole rings is 1. The summed E-state index contributed by atoms with van der Waals surface area (Å²) in [7, 11) is 0. The number of hydrogen-bond acceptors (Lipinski definition) is 8. The van der Waals surface area contributed by atoms with Gasteiger partial charge in [0.2, 0.25) is 11.8 Å². The molecule has 0 bridgehead atoms. The second-order valence-electron chi connectivity index (χ2n) is 11.2. The number of amides is 2. The number of ether oxygens (including phenoxy) is 1. The first-order valence-electron chi connectivity index (χ1n) is 14.2. The molecule has 0 saturated carbocycles. The third-order valence-electron chi connectivity index (χ3n) is 7.72. The summed E-state index contributed by atoms with van der Waals surface area (Å²) in [5.41, 5.74) is 5.77. The Morgan fingerprint density at radius 2 is 1.93 bits per heavy atom. The Bertz CT molecular complexity index is 1570. The summed E-state index contributed by atoms with van der Waals surface area (Å²) >= 11 is 5.10. The van der Waals surface area contributed by atoms with Crippen LogP contribution in [0.15, 0.2) is 69.1 Å². The average molecular weight is 668 g/mol. The zero-order chi connectivity index (χ0) is 30.7. The summed E-state index contributed by atoms with van der Waals surface area (Å²) in [6.07, 6.45) is -0.641. The molecule has 0 radical (unpaired) electrons. The van der Waals surface area contributed by atoms with Crippen LogP contribution in [0.25, 0.3) is 10.4 Å². The highest BCUT2D eigenvalue weighted by Gasteiger charge is 2.43. The van der Waals surface area contributed by atoms with Crippen molar-refractivity contribution < 1.29 is 24.0 Å². The molecular formula is C32H35BrN4O5S. The van der Waals surface area contributed by atoms with Gasteiger partial charge in [-0.05, 0) is 42.1 Å². The number of β-amino-alcohol motifs (C(OH)–C–C–N with tert-alkyl or cyclic N) is 1. The molecule has 43 heavy (non-hydrogen) atoms. The van der Waals surface area contributed by atoms with Crippen molar-refractivity contribution in [3.63, 3.8) is 0 Å². The normalized spacial score (nSPS) is 18.1. The average Bonchev–Trinajstić information content (AvgIpc) is 3.72. The lowest BCUT2D eigenvalue weighted by atomic mass is 9.91. The number of aryl methyl sites for hydroxylation is 1. The standard InChI is InChI=1S/C32H35BrN4O5S/c1-18(2)29(27-14-28(36-42-27)41-16-23-7-5-6-8-25(23)33)32(40)37-15-24(38)13-26(37)31(39)35-19(3)21-9-11-22(12-10-21)30-20(4)34-17-43-30/h5-12,14,17-19,24,26,29,38H,13,15-16H2,1-4H3,(H,35,39)/t19-,24+,26-,29?/m0/s1. The molecule has 4 atom stereocenters. The third-order valence-corrected chi connectivity index (χ3v) is 9.47. The van der Waals surface area contributed by atoms with Gasteiger partial charge in [0.25, 0.3) is 5.88 Å². The van der Waals surface area contributed by atoms with Gasteiger partial charge in [0.05, 0.1) is 28.2 Å². The Labute approximate surface area is 263 Å². The summed E-state index contributed by atoms with van der Waals surface area (Å²) in [5.74, 6) is -0.834. The second kappa shape index (κ2) is 13.4. The zero-order valence-corrected chi connectivity index (χ0v) is 26.9. The van der Waals surface area contributed by atoms with E-state index in [-0.39, 0.29) is 49.2 Å². The first-order valence-corrected chi connectivity index (χ1v) is 15.9. The molecule has 3 heterocycles. The van der Waals surface area contributed by atoms with Crippen LogP contribution in [-0.4, -0.2) is 50.7 Å². The minimum atomic E-state index is -0.806. The van der Waals surface area contributed by atoms with Crippen LogP contribution in [-0.2, 0) is 16.2 Å². The van der Waals surface area contributed by atoms with E-state index in [1.54, 1.807) is 17.4 Å². The minimum absolute atomic E-state index is 0.0664. The van der Waals surface area contributed by atoms with E-state index in [9.17, 15) is 14.7 Å². The van der Waals surface area contributed by atoms with Crippen molar-refractivity contribution in [3.05, 3.63) is 87.2 Å². The molecule has 2 aromatic heterocycles. The number of nitrogens with zero attached hydrogens (tertiary/aromatic N) is 3. The monoisotopic (exact) mass is 666 g/mol. The molecule has 1 saturated heterocycles. The maximum absolute atomic E-state index is 13.9. The lowest BCUT2D eigenvalue weighted by Gasteiger charge is -2.29. The van der Waals surface area contributed by atoms with E-state index in [1.807, 2.05) is 81.7 Å². The number of nitrogens with one attached hydrogen (secondary N) is 1. The van der Waals surface area contributed by atoms with Gasteiger partial charge < -0.3 is 24.6 Å². The van der Waals surface area contributed by atoms with Crippen molar-refractivity contribution in [1.29, 1.82) is 0 Å². The van der Waals surface area contributed by atoms with E-state index < -0.39 is 18.1 Å². The highest BCUT2D eigenvalue weighted by Crippen LogP contribution is 2.33. The van der Waals surface area contributed by atoms with Gasteiger partial charge in [0.15, 0.2) is 5.76 Å². The van der Waals surface area contributed by atoms with Gasteiger partial charge in [-0.3, -0.25) is 9.59 Å². The second-order valence-corrected chi connectivity index (χ2v) is 12.9. The van der Waals surface area contributed by atoms with E-state index >= 15 is 0 Å². The number of halogens is 1. The van der Waals surface area contributed by atoms with Crippen molar-refractivity contribution in [2.24, 2.45) is 5.92 Å². The van der Waals surface area contributed by atoms with Crippen LogP contribution < -0.4 is 10.1 Å². The van der Waals surface area contributed by atoms with Crippen LogP contribution in [0.5, 0.6) is 5.88 Å². The summed E-state index contributed by atoms with van der Waals surface area (Å²) < 4.78 is 12.3. The van der Waals surface area contributed by atoms with Crippen LogP contribution in [0.4, 0.5) is 0 Å². The van der Waals surface area contributed by atoms with Crippen molar-refractivity contribution in [1.82, 2.24) is 20.4 Å². The molecule has 2 aromatic carbocycles. The minimum Gasteiger partial charge on any atom is -0.471 e. The molecule has 1 fully saturated rings. The molecule has 5 rings (SSSR count). The Kier molecular flexibility index (Phi) is 9.63. The highest BCUT2D eigenvalue weighted by atomic mass is 79.9. The molecule has 1 aliphatic heterocycles. The number of hydrogen-bond donors (Lipinski definition) is 2. The molecule has 4 aromatic rings. The van der Waals surface area contributed by atoms with Gasteiger partial charge in [0, 0.05) is 29.1 Å². The van der Waals surface area contributed by atoms with Gasteiger partial charge in [-0.25, -0.2) is 4.98 Å². The Morgan fingerprint density at radius 3 is 2.60 bits per heavy atom. The van der Waals surface area contributed by atoms with Gasteiger partial charge in [-0.15, -0.1) is 11.3 Å². The maximum Gasteiger partial charge on any atom is 0.254 e. The van der Waals surface area contributed by atoms with E-state index in [0.29, 0.717) is 5.76 Å². The van der Waals surface area contributed by atoms with Gasteiger partial charge in [0.1, 0.15) is 18.6 Å². The molecule has 226 valence electrons. The lowest BCUT2D eigenvalue weighted by Crippen LogP contribution is -2.48. The Morgan fingerprint density at radius 1 is 1.19 bits per heavy atom. The summed E-state index contributed by atoms with van der Waals surface area (Å²) in [5, 5.41) is 17.6. The van der Waals surface area contributed by atoms with Crippen molar-refractivity contribution in [3.8, 4) is 16.3 Å². The quantitative estimate of drug-likeness (QED) is 0.212. The number of aromatic nitrogens is 2. The molecule has 1 unspecified atom stereocenters. The molecule has 9 nitrogen and oxygen atoms in total. The molecule has 0 aliphatic carbocycles. The number of carbonyl (C=O) groups excluding carboxylic acids is 2. The highest BCUT2D eigenvalue weighted by molar-refractivity contribution is 9.10. The fourth-order valence-electron chi connectivity index (χ4n) is 5.37. The third kappa shape index (κ3) is 7.00. The number of rotatable bonds is 10.